The lowest BCUT2D eigenvalue weighted by Gasteiger charge is -2.29. The molecule has 0 radical (unpaired) electrons. The van der Waals surface area contributed by atoms with Gasteiger partial charge in [-0.05, 0) is 87.7 Å². The molecule has 0 spiro atoms. The van der Waals surface area contributed by atoms with Crippen LogP contribution >= 0.6 is 11.8 Å². The van der Waals surface area contributed by atoms with Gasteiger partial charge in [-0.25, -0.2) is 4.79 Å². The van der Waals surface area contributed by atoms with Gasteiger partial charge in [-0.1, -0.05) is 23.9 Å². The van der Waals surface area contributed by atoms with Crippen molar-refractivity contribution < 1.29 is 38.6 Å². The monoisotopic (exact) mass is 607 g/mol. The summed E-state index contributed by atoms with van der Waals surface area (Å²) in [6.07, 6.45) is -0.308. The smallest absolute Gasteiger partial charge is 0.414 e. The second-order valence-electron chi connectivity index (χ2n) is 10.9. The van der Waals surface area contributed by atoms with Crippen LogP contribution in [0.2, 0.25) is 0 Å². The van der Waals surface area contributed by atoms with Crippen LogP contribution in [-0.2, 0) is 20.7 Å². The van der Waals surface area contributed by atoms with Crippen molar-refractivity contribution in [2.45, 2.75) is 51.9 Å². The van der Waals surface area contributed by atoms with Crippen LogP contribution in [0.4, 0.5) is 21.0 Å². The third kappa shape index (κ3) is 7.98. The van der Waals surface area contributed by atoms with Gasteiger partial charge in [-0.2, -0.15) is 0 Å². The molecule has 4 rings (SSSR count). The number of hydroxylamine groups is 1. The minimum Gasteiger partial charge on any atom is -0.508 e. The summed E-state index contributed by atoms with van der Waals surface area (Å²) in [5, 5.41) is 12.3. The van der Waals surface area contributed by atoms with Gasteiger partial charge in [0.2, 0.25) is 5.91 Å². The minimum atomic E-state index is -0.771. The summed E-state index contributed by atoms with van der Waals surface area (Å²) in [4.78, 5) is 56.6. The predicted octanol–water partition coefficient (Wildman–Crippen LogP) is 6.11. The number of thioether (sulfide) groups is 1. The summed E-state index contributed by atoms with van der Waals surface area (Å²) in [6, 6.07) is 16.4. The summed E-state index contributed by atoms with van der Waals surface area (Å²) < 4.78 is 11.6. The molecule has 0 saturated carbocycles. The van der Waals surface area contributed by atoms with E-state index >= 15 is 0 Å². The van der Waals surface area contributed by atoms with E-state index in [1.54, 1.807) is 82.3 Å². The van der Waals surface area contributed by atoms with Gasteiger partial charge in [-0.15, -0.1) is 5.06 Å². The van der Waals surface area contributed by atoms with E-state index in [0.29, 0.717) is 29.2 Å². The Morgan fingerprint density at radius 1 is 0.953 bits per heavy atom. The number of carbonyl (C=O) groups excluding carboxylic acids is 4. The van der Waals surface area contributed by atoms with E-state index in [9.17, 15) is 24.3 Å². The van der Waals surface area contributed by atoms with Crippen molar-refractivity contribution in [3.8, 4) is 23.0 Å². The first-order valence-electron chi connectivity index (χ1n) is 13.4. The molecular weight excluding hydrogens is 574 g/mol. The third-order valence-corrected chi connectivity index (χ3v) is 7.17. The van der Waals surface area contributed by atoms with Crippen molar-refractivity contribution >= 4 is 46.3 Å². The molecule has 1 heterocycles. The van der Waals surface area contributed by atoms with Crippen molar-refractivity contribution in [3.05, 3.63) is 71.8 Å². The van der Waals surface area contributed by atoms with Crippen LogP contribution in [0.3, 0.4) is 0 Å². The number of nitrogens with zero attached hydrogens (tertiary/aromatic N) is 2. The molecule has 1 unspecified atom stereocenters. The number of nitrogens with one attached hydrogen (secondary N) is 1. The molecule has 3 aromatic rings. The summed E-state index contributed by atoms with van der Waals surface area (Å²) >= 11 is 0.950. The molecule has 1 aliphatic rings. The predicted molar refractivity (Wildman–Crippen MR) is 163 cm³/mol. The van der Waals surface area contributed by atoms with Gasteiger partial charge >= 0.3 is 6.09 Å². The van der Waals surface area contributed by atoms with Crippen LogP contribution in [0.1, 0.15) is 38.8 Å². The van der Waals surface area contributed by atoms with E-state index in [4.69, 9.17) is 14.3 Å². The fraction of sp³-hybridized carbons (Fsp3) is 0.290. The Kier molecular flexibility index (Phi) is 9.19. The third-order valence-electron chi connectivity index (χ3n) is 6.19. The second kappa shape index (κ2) is 12.7. The van der Waals surface area contributed by atoms with Crippen molar-refractivity contribution in [1.82, 2.24) is 5.32 Å². The maximum atomic E-state index is 13.1. The van der Waals surface area contributed by atoms with Gasteiger partial charge in [0, 0.05) is 20.0 Å². The summed E-state index contributed by atoms with van der Waals surface area (Å²) in [7, 11) is 1.51. The van der Waals surface area contributed by atoms with Crippen LogP contribution in [0, 0.1) is 6.92 Å². The average Bonchev–Trinajstić information content (AvgIpc) is 3.24. The first kappa shape index (κ1) is 31.2. The molecule has 3 aromatic carbocycles. The van der Waals surface area contributed by atoms with E-state index in [1.807, 2.05) is 0 Å². The fourth-order valence-corrected chi connectivity index (χ4v) is 4.94. The number of amides is 4. The largest absolute Gasteiger partial charge is 0.508 e. The van der Waals surface area contributed by atoms with Crippen molar-refractivity contribution in [2.24, 2.45) is 0 Å². The van der Waals surface area contributed by atoms with Gasteiger partial charge in [0.1, 0.15) is 28.5 Å². The summed E-state index contributed by atoms with van der Waals surface area (Å²) in [5.74, 6) is 0.486. The standard InChI is InChI=1S/C31H33N3O8S/c1-18-15-22(12-14-26(18)36)40-23-11-13-24(25(17-23)33(6)30(39)41-31(3,4)5)34(19(2)35)42-21-9-7-20(8-10-21)16-27-28(37)32-29(38)43-27/h7-15,17,27,36H,16H2,1-6H3,(H,32,37,38). The van der Waals surface area contributed by atoms with Crippen molar-refractivity contribution in [2.75, 3.05) is 17.0 Å². The van der Waals surface area contributed by atoms with Crippen LogP contribution in [0.5, 0.6) is 23.0 Å². The summed E-state index contributed by atoms with van der Waals surface area (Å²) in [6.45, 7) is 8.30. The Morgan fingerprint density at radius 2 is 1.58 bits per heavy atom. The highest BCUT2D eigenvalue weighted by atomic mass is 32.2. The van der Waals surface area contributed by atoms with Gasteiger partial charge in [0.05, 0.1) is 10.9 Å². The Labute approximate surface area is 253 Å². The molecule has 12 heteroatoms. The Morgan fingerprint density at radius 3 is 2.16 bits per heavy atom. The molecule has 2 N–H and O–H groups in total. The molecule has 1 saturated heterocycles. The lowest BCUT2D eigenvalue weighted by Crippen LogP contribution is -2.37. The van der Waals surface area contributed by atoms with Crippen LogP contribution in [-0.4, -0.2) is 46.2 Å². The Hall–Kier alpha value is -4.71. The Bertz CT molecular complexity index is 1550. The number of aryl methyl sites for hydroxylation is 1. The molecule has 0 aliphatic carbocycles. The number of anilines is 2. The van der Waals surface area contributed by atoms with E-state index < -0.39 is 22.9 Å². The molecule has 1 atom stereocenters. The second-order valence-corrected chi connectivity index (χ2v) is 12.1. The van der Waals surface area contributed by atoms with Gasteiger partial charge in [0.25, 0.3) is 11.1 Å². The molecule has 1 aliphatic heterocycles. The summed E-state index contributed by atoms with van der Waals surface area (Å²) in [5.41, 5.74) is 1.17. The maximum absolute atomic E-state index is 13.1. The number of rotatable bonds is 8. The number of aromatic hydroxyl groups is 1. The van der Waals surface area contributed by atoms with Gasteiger partial charge in [-0.3, -0.25) is 24.6 Å². The molecule has 226 valence electrons. The molecule has 4 amide bonds. The Balaban J connectivity index is 1.63. The normalized spacial score (nSPS) is 14.6. The molecule has 1 fully saturated rings. The molecule has 0 aromatic heterocycles. The van der Waals surface area contributed by atoms with Crippen molar-refractivity contribution in [3.63, 3.8) is 0 Å². The van der Waals surface area contributed by atoms with E-state index in [0.717, 1.165) is 22.4 Å². The highest BCUT2D eigenvalue weighted by Gasteiger charge is 2.31. The average molecular weight is 608 g/mol. The number of imide groups is 1. The van der Waals surface area contributed by atoms with Gasteiger partial charge in [0.15, 0.2) is 5.75 Å². The van der Waals surface area contributed by atoms with Gasteiger partial charge < -0.3 is 19.4 Å². The van der Waals surface area contributed by atoms with E-state index in [1.165, 1.54) is 24.9 Å². The van der Waals surface area contributed by atoms with Crippen LogP contribution in [0.15, 0.2) is 60.7 Å². The molecule has 43 heavy (non-hydrogen) atoms. The van der Waals surface area contributed by atoms with Crippen LogP contribution < -0.4 is 24.9 Å². The number of hydrogen-bond acceptors (Lipinski definition) is 9. The maximum Gasteiger partial charge on any atom is 0.414 e. The van der Waals surface area contributed by atoms with Crippen LogP contribution in [0.25, 0.3) is 0 Å². The first-order valence-corrected chi connectivity index (χ1v) is 14.3. The number of ether oxygens (including phenoxy) is 2. The topological polar surface area (TPSA) is 135 Å². The lowest BCUT2D eigenvalue weighted by molar-refractivity contribution is -0.120. The zero-order valence-electron chi connectivity index (χ0n) is 24.7. The van der Waals surface area contributed by atoms with E-state index in [2.05, 4.69) is 5.32 Å². The molecule has 11 nitrogen and oxygen atoms in total. The zero-order chi connectivity index (χ0) is 31.5. The number of carbonyl (C=O) groups is 4. The molecule has 0 bridgehead atoms. The number of benzene rings is 3. The zero-order valence-corrected chi connectivity index (χ0v) is 25.5. The number of phenolic OH excluding ortho intramolecular Hbond substituents is 1. The number of hydrogen-bond donors (Lipinski definition) is 2. The fourth-order valence-electron chi connectivity index (χ4n) is 4.08. The quantitative estimate of drug-likeness (QED) is 0.291. The number of phenols is 1. The SMILES string of the molecule is CC(=O)N(Oc1ccc(CC2SC(=O)NC2=O)cc1)c1ccc(Oc2ccc(O)c(C)c2)cc1N(C)C(=O)OC(C)(C)C. The van der Waals surface area contributed by atoms with E-state index in [-0.39, 0.29) is 28.3 Å². The highest BCUT2D eigenvalue weighted by molar-refractivity contribution is 8.15. The first-order chi connectivity index (χ1) is 20.2. The van der Waals surface area contributed by atoms with Crippen molar-refractivity contribution in [1.29, 1.82) is 0 Å². The minimum absolute atomic E-state index is 0.133. The highest BCUT2D eigenvalue weighted by Crippen LogP contribution is 2.37. The molecular formula is C31H33N3O8S. The lowest BCUT2D eigenvalue weighted by atomic mass is 10.1.